The summed E-state index contributed by atoms with van der Waals surface area (Å²) in [6, 6.07) is 12.4. The van der Waals surface area contributed by atoms with Crippen molar-refractivity contribution in [2.24, 2.45) is 5.73 Å². The molecule has 31 heavy (non-hydrogen) atoms. The number of nitrogens with one attached hydrogen (secondary N) is 1. The molecule has 0 amide bonds. The van der Waals surface area contributed by atoms with Gasteiger partial charge in [0.05, 0.1) is 37.8 Å². The Kier molecular flexibility index (Phi) is 5.29. The number of aromatic nitrogens is 1. The van der Waals surface area contributed by atoms with Gasteiger partial charge in [-0.1, -0.05) is 18.2 Å². The first kappa shape index (κ1) is 20.3. The highest BCUT2D eigenvalue weighted by Crippen LogP contribution is 2.45. The van der Waals surface area contributed by atoms with Gasteiger partial charge < -0.3 is 29.7 Å². The molecule has 160 valence electrons. The molecular formula is C23H22N2O6. The Morgan fingerprint density at radius 1 is 1.13 bits per heavy atom. The summed E-state index contributed by atoms with van der Waals surface area (Å²) in [5.74, 6) is -0.312. The largest absolute Gasteiger partial charge is 0.493 e. The van der Waals surface area contributed by atoms with Crippen molar-refractivity contribution in [3.8, 4) is 17.2 Å². The molecule has 0 spiro atoms. The standard InChI is InChI=1S/C23H22N2O6/c1-4-30-23(27)19-17(12-9-10-15(28-2)16(11-12)29-3)18-20(31-21(19)24)13-7-5-6-8-14(13)25-22(18)26/h5-11,17H,4,24H2,1-3H3,(H,25,26)/t17-/m0/s1. The molecule has 1 atom stereocenters. The lowest BCUT2D eigenvalue weighted by Gasteiger charge is -2.28. The van der Waals surface area contributed by atoms with Crippen LogP contribution in [0.15, 0.2) is 58.7 Å². The fourth-order valence-corrected chi connectivity index (χ4v) is 3.84. The van der Waals surface area contributed by atoms with Crippen molar-refractivity contribution in [1.82, 2.24) is 4.98 Å². The summed E-state index contributed by atoms with van der Waals surface area (Å²) in [6.45, 7) is 1.84. The van der Waals surface area contributed by atoms with Gasteiger partial charge in [0, 0.05) is 5.39 Å². The highest BCUT2D eigenvalue weighted by molar-refractivity contribution is 5.95. The fourth-order valence-electron chi connectivity index (χ4n) is 3.84. The van der Waals surface area contributed by atoms with E-state index in [1.807, 2.05) is 18.2 Å². The molecule has 0 saturated heterocycles. The minimum atomic E-state index is -0.823. The van der Waals surface area contributed by atoms with Crippen LogP contribution >= 0.6 is 0 Å². The lowest BCUT2D eigenvalue weighted by molar-refractivity contribution is -0.139. The van der Waals surface area contributed by atoms with Crippen LogP contribution < -0.4 is 25.5 Å². The average Bonchev–Trinajstić information content (AvgIpc) is 2.77. The number of hydrogen-bond donors (Lipinski definition) is 2. The topological polar surface area (TPSA) is 113 Å². The first-order valence-corrected chi connectivity index (χ1v) is 9.71. The van der Waals surface area contributed by atoms with Gasteiger partial charge in [-0.05, 0) is 36.8 Å². The molecule has 3 N–H and O–H groups in total. The van der Waals surface area contributed by atoms with Crippen LogP contribution in [-0.4, -0.2) is 31.8 Å². The number of hydrogen-bond acceptors (Lipinski definition) is 7. The van der Waals surface area contributed by atoms with Crippen LogP contribution in [0.5, 0.6) is 17.2 Å². The van der Waals surface area contributed by atoms with Gasteiger partial charge in [-0.2, -0.15) is 0 Å². The molecule has 1 aliphatic rings. The molecule has 2 aromatic carbocycles. The number of rotatable bonds is 5. The van der Waals surface area contributed by atoms with E-state index in [1.54, 1.807) is 31.2 Å². The first-order chi connectivity index (χ1) is 15.0. The number of H-pyrrole nitrogens is 1. The maximum Gasteiger partial charge on any atom is 0.340 e. The zero-order chi connectivity index (χ0) is 22.1. The zero-order valence-corrected chi connectivity index (χ0v) is 17.4. The minimum Gasteiger partial charge on any atom is -0.493 e. The molecule has 0 bridgehead atoms. The lowest BCUT2D eigenvalue weighted by atomic mass is 9.82. The zero-order valence-electron chi connectivity index (χ0n) is 17.4. The second kappa shape index (κ2) is 8.06. The van der Waals surface area contributed by atoms with E-state index in [4.69, 9.17) is 24.7 Å². The number of fused-ring (bicyclic) bond motifs is 3. The van der Waals surface area contributed by atoms with Gasteiger partial charge in [-0.25, -0.2) is 4.79 Å². The Bertz CT molecular complexity index is 1260. The van der Waals surface area contributed by atoms with Gasteiger partial charge in [0.1, 0.15) is 11.3 Å². The van der Waals surface area contributed by atoms with E-state index < -0.39 is 11.9 Å². The summed E-state index contributed by atoms with van der Waals surface area (Å²) in [5.41, 5.74) is 7.35. The molecular weight excluding hydrogens is 400 g/mol. The second-order valence-electron chi connectivity index (χ2n) is 6.89. The predicted molar refractivity (Wildman–Crippen MR) is 114 cm³/mol. The molecule has 0 saturated carbocycles. The van der Waals surface area contributed by atoms with E-state index in [1.165, 1.54) is 14.2 Å². The normalized spacial score (nSPS) is 15.3. The van der Waals surface area contributed by atoms with E-state index in [0.717, 1.165) is 0 Å². The molecule has 2 heterocycles. The lowest BCUT2D eigenvalue weighted by Crippen LogP contribution is -2.32. The van der Waals surface area contributed by atoms with Crippen LogP contribution in [0.2, 0.25) is 0 Å². The molecule has 8 nitrogen and oxygen atoms in total. The van der Waals surface area contributed by atoms with Gasteiger partial charge >= 0.3 is 5.97 Å². The van der Waals surface area contributed by atoms with Crippen molar-refractivity contribution >= 4 is 16.9 Å². The van der Waals surface area contributed by atoms with Crippen LogP contribution in [0.1, 0.15) is 24.0 Å². The van der Waals surface area contributed by atoms with Gasteiger partial charge in [-0.15, -0.1) is 0 Å². The monoisotopic (exact) mass is 422 g/mol. The van der Waals surface area contributed by atoms with Crippen molar-refractivity contribution in [2.45, 2.75) is 12.8 Å². The van der Waals surface area contributed by atoms with Crippen molar-refractivity contribution < 1.29 is 23.7 Å². The summed E-state index contributed by atoms with van der Waals surface area (Å²) in [5, 5.41) is 0.674. The van der Waals surface area contributed by atoms with Crippen LogP contribution in [0.25, 0.3) is 10.9 Å². The Morgan fingerprint density at radius 2 is 1.87 bits per heavy atom. The summed E-state index contributed by atoms with van der Waals surface area (Å²) >= 11 is 0. The van der Waals surface area contributed by atoms with E-state index in [-0.39, 0.29) is 29.2 Å². The number of aromatic amines is 1. The van der Waals surface area contributed by atoms with E-state index in [2.05, 4.69) is 4.98 Å². The number of benzene rings is 2. The third kappa shape index (κ3) is 3.35. The van der Waals surface area contributed by atoms with E-state index >= 15 is 0 Å². The van der Waals surface area contributed by atoms with Gasteiger partial charge in [0.25, 0.3) is 5.56 Å². The van der Waals surface area contributed by atoms with Crippen LogP contribution in [0, 0.1) is 0 Å². The minimum absolute atomic E-state index is 0.0577. The van der Waals surface area contributed by atoms with Crippen LogP contribution in [-0.2, 0) is 9.53 Å². The number of carbonyl (C=O) groups excluding carboxylic acids is 1. The Labute approximate surface area is 178 Å². The molecule has 0 radical (unpaired) electrons. The van der Waals surface area contributed by atoms with Crippen molar-refractivity contribution in [3.63, 3.8) is 0 Å². The smallest absolute Gasteiger partial charge is 0.340 e. The fraction of sp³-hybridized carbons (Fsp3) is 0.217. The molecule has 1 aromatic heterocycles. The molecule has 8 heteroatoms. The summed E-state index contributed by atoms with van der Waals surface area (Å²) in [7, 11) is 3.04. The summed E-state index contributed by atoms with van der Waals surface area (Å²) in [4.78, 5) is 28.9. The molecule has 4 rings (SSSR count). The molecule has 3 aromatic rings. The number of methoxy groups -OCH3 is 2. The summed E-state index contributed by atoms with van der Waals surface area (Å²) in [6.07, 6.45) is 0. The quantitative estimate of drug-likeness (QED) is 0.608. The van der Waals surface area contributed by atoms with Crippen LogP contribution in [0.3, 0.4) is 0 Å². The first-order valence-electron chi connectivity index (χ1n) is 9.71. The highest BCUT2D eigenvalue weighted by Gasteiger charge is 2.38. The predicted octanol–water partition coefficient (Wildman–Crippen LogP) is 2.80. The summed E-state index contributed by atoms with van der Waals surface area (Å²) < 4.78 is 21.8. The van der Waals surface area contributed by atoms with Crippen molar-refractivity contribution in [1.29, 1.82) is 0 Å². The highest BCUT2D eigenvalue weighted by atomic mass is 16.5. The Balaban J connectivity index is 2.03. The number of ether oxygens (including phenoxy) is 4. The van der Waals surface area contributed by atoms with Gasteiger partial charge in [0.15, 0.2) is 11.5 Å². The number of pyridine rings is 1. The van der Waals surface area contributed by atoms with Crippen molar-refractivity contribution in [2.75, 3.05) is 20.8 Å². The molecule has 1 aliphatic heterocycles. The van der Waals surface area contributed by atoms with Gasteiger partial charge in [-0.3, -0.25) is 4.79 Å². The van der Waals surface area contributed by atoms with E-state index in [0.29, 0.717) is 33.7 Å². The third-order valence-corrected chi connectivity index (χ3v) is 5.20. The number of esters is 1. The average molecular weight is 422 g/mol. The second-order valence-corrected chi connectivity index (χ2v) is 6.89. The Hall–Kier alpha value is -3.94. The number of carbonyl (C=O) groups is 1. The maximum absolute atomic E-state index is 13.2. The maximum atomic E-state index is 13.2. The SMILES string of the molecule is CCOC(=O)C1=C(N)Oc2c(c(=O)[nH]c3ccccc23)[C@@H]1c1ccc(OC)c(OC)c1. The third-order valence-electron chi connectivity index (χ3n) is 5.20. The number of nitrogens with two attached hydrogens (primary N) is 1. The number of para-hydroxylation sites is 1. The van der Waals surface area contributed by atoms with E-state index in [9.17, 15) is 9.59 Å². The molecule has 0 aliphatic carbocycles. The molecule has 0 unspecified atom stereocenters. The van der Waals surface area contributed by atoms with Crippen molar-refractivity contribution in [3.05, 3.63) is 75.4 Å². The molecule has 0 fully saturated rings. The Morgan fingerprint density at radius 3 is 2.58 bits per heavy atom. The van der Waals surface area contributed by atoms with Gasteiger partial charge in [0.2, 0.25) is 5.88 Å². The van der Waals surface area contributed by atoms with Crippen LogP contribution in [0.4, 0.5) is 0 Å².